The highest BCUT2D eigenvalue weighted by atomic mass is 16.5. The minimum Gasteiger partial charge on any atom is -0.494 e. The van der Waals surface area contributed by atoms with Gasteiger partial charge in [0.15, 0.2) is 0 Å². The van der Waals surface area contributed by atoms with Gasteiger partial charge in [-0.3, -0.25) is 9.78 Å². The Balaban J connectivity index is 1.13. The minimum absolute atomic E-state index is 0.153. The van der Waals surface area contributed by atoms with E-state index in [9.17, 15) is 4.79 Å². The van der Waals surface area contributed by atoms with Crippen LogP contribution in [-0.2, 0) is 11.2 Å². The summed E-state index contributed by atoms with van der Waals surface area (Å²) in [5, 5.41) is 0. The molecule has 2 aromatic rings. The topological polar surface area (TPSA) is 51.7 Å². The van der Waals surface area contributed by atoms with Gasteiger partial charge in [-0.25, -0.2) is 0 Å². The lowest BCUT2D eigenvalue weighted by Crippen LogP contribution is -2.42. The highest BCUT2D eigenvalue weighted by Gasteiger charge is 2.24. The molecule has 0 N–H and O–H groups in total. The van der Waals surface area contributed by atoms with Crippen LogP contribution in [0.15, 0.2) is 48.8 Å². The molecule has 1 aromatic heterocycles. The zero-order valence-electron chi connectivity index (χ0n) is 19.1. The molecule has 0 spiro atoms. The Labute approximate surface area is 192 Å². The van der Waals surface area contributed by atoms with E-state index in [1.807, 2.05) is 41.3 Å². The molecule has 1 amide bonds. The summed E-state index contributed by atoms with van der Waals surface area (Å²) in [4.78, 5) is 18.5. The maximum absolute atomic E-state index is 12.5. The summed E-state index contributed by atoms with van der Waals surface area (Å²) < 4.78 is 12.1. The number of amides is 1. The Morgan fingerprint density at radius 1 is 0.969 bits per heavy atom. The van der Waals surface area contributed by atoms with Crippen molar-refractivity contribution in [2.45, 2.75) is 70.3 Å². The van der Waals surface area contributed by atoms with Gasteiger partial charge in [0.05, 0.1) is 13.0 Å². The van der Waals surface area contributed by atoms with E-state index < -0.39 is 0 Å². The van der Waals surface area contributed by atoms with Gasteiger partial charge in [-0.2, -0.15) is 0 Å². The van der Waals surface area contributed by atoms with E-state index in [0.717, 1.165) is 61.9 Å². The first kappa shape index (κ1) is 22.6. The third-order valence-corrected chi connectivity index (χ3v) is 6.75. The summed E-state index contributed by atoms with van der Waals surface area (Å²) in [5.41, 5.74) is 0.965. The largest absolute Gasteiger partial charge is 0.494 e. The second-order valence-electron chi connectivity index (χ2n) is 9.20. The number of aromatic nitrogens is 1. The Morgan fingerprint density at radius 3 is 2.44 bits per heavy atom. The normalized spacial score (nSPS) is 17.8. The van der Waals surface area contributed by atoms with Gasteiger partial charge in [0.2, 0.25) is 5.91 Å². The summed E-state index contributed by atoms with van der Waals surface area (Å²) >= 11 is 0. The minimum atomic E-state index is 0.153. The molecule has 1 aliphatic heterocycles. The molecule has 2 heterocycles. The van der Waals surface area contributed by atoms with Gasteiger partial charge in [-0.15, -0.1) is 0 Å². The van der Waals surface area contributed by atoms with Crippen LogP contribution in [0.25, 0.3) is 0 Å². The molecular formula is C27H36N2O3. The summed E-state index contributed by atoms with van der Waals surface area (Å²) in [6.07, 6.45) is 15.3. The van der Waals surface area contributed by atoms with Crippen molar-refractivity contribution in [1.29, 1.82) is 0 Å². The number of carbonyl (C=O) groups is 1. The average Bonchev–Trinajstić information content (AvgIpc) is 2.84. The van der Waals surface area contributed by atoms with Crippen LogP contribution in [0.2, 0.25) is 0 Å². The smallest absolute Gasteiger partial charge is 0.227 e. The quantitative estimate of drug-likeness (QED) is 0.492. The van der Waals surface area contributed by atoms with E-state index in [1.54, 1.807) is 12.4 Å². The fraction of sp³-hybridized carbons (Fsp3) is 0.556. The summed E-state index contributed by atoms with van der Waals surface area (Å²) in [6.45, 7) is 2.28. The molecule has 0 unspecified atom stereocenters. The third-order valence-electron chi connectivity index (χ3n) is 6.75. The van der Waals surface area contributed by atoms with Crippen molar-refractivity contribution >= 4 is 5.91 Å². The second-order valence-corrected chi connectivity index (χ2v) is 9.20. The molecular weight excluding hydrogens is 400 g/mol. The van der Waals surface area contributed by atoms with E-state index in [-0.39, 0.29) is 12.0 Å². The molecule has 5 nitrogen and oxygen atoms in total. The highest BCUT2D eigenvalue weighted by molar-refractivity contribution is 5.78. The molecule has 32 heavy (non-hydrogen) atoms. The number of pyridine rings is 1. The molecule has 0 radical (unpaired) electrons. The van der Waals surface area contributed by atoms with Gasteiger partial charge < -0.3 is 14.4 Å². The van der Waals surface area contributed by atoms with Crippen LogP contribution in [0, 0.1) is 5.92 Å². The SMILES string of the molecule is O=C(Cc1cccnc1)N1CCC(Oc2ccc(OCCCC3CCCCC3)cc2)CC1. The molecule has 0 atom stereocenters. The second kappa shape index (κ2) is 11.9. The van der Waals surface area contributed by atoms with Crippen LogP contribution in [0.3, 0.4) is 0 Å². The van der Waals surface area contributed by atoms with Crippen LogP contribution in [0.1, 0.15) is 63.4 Å². The van der Waals surface area contributed by atoms with Crippen LogP contribution in [-0.4, -0.2) is 41.6 Å². The Hall–Kier alpha value is -2.56. The number of likely N-dealkylation sites (tertiary alicyclic amines) is 1. The number of ether oxygens (including phenoxy) is 2. The number of benzene rings is 1. The number of hydrogen-bond acceptors (Lipinski definition) is 4. The van der Waals surface area contributed by atoms with Gasteiger partial charge in [0.25, 0.3) is 0 Å². The summed E-state index contributed by atoms with van der Waals surface area (Å²) in [7, 11) is 0. The molecule has 1 saturated heterocycles. The van der Waals surface area contributed by atoms with Gasteiger partial charge in [0, 0.05) is 38.3 Å². The van der Waals surface area contributed by atoms with E-state index in [4.69, 9.17) is 9.47 Å². The van der Waals surface area contributed by atoms with Gasteiger partial charge in [-0.1, -0.05) is 38.2 Å². The predicted molar refractivity (Wildman–Crippen MR) is 126 cm³/mol. The Kier molecular flexibility index (Phi) is 8.41. The fourth-order valence-corrected chi connectivity index (χ4v) is 4.86. The Bertz CT molecular complexity index is 811. The molecule has 5 heteroatoms. The van der Waals surface area contributed by atoms with Crippen molar-refractivity contribution < 1.29 is 14.3 Å². The third kappa shape index (κ3) is 6.98. The molecule has 1 aliphatic carbocycles. The number of piperidine rings is 1. The summed E-state index contributed by atoms with van der Waals surface area (Å²) in [6, 6.07) is 11.8. The lowest BCUT2D eigenvalue weighted by Gasteiger charge is -2.32. The van der Waals surface area contributed by atoms with Crippen LogP contribution in [0.5, 0.6) is 11.5 Å². The van der Waals surface area contributed by atoms with Crippen molar-refractivity contribution in [2.24, 2.45) is 5.92 Å². The molecule has 1 aromatic carbocycles. The van der Waals surface area contributed by atoms with Crippen LogP contribution >= 0.6 is 0 Å². The van der Waals surface area contributed by atoms with E-state index >= 15 is 0 Å². The van der Waals surface area contributed by atoms with Gasteiger partial charge in [-0.05, 0) is 54.7 Å². The zero-order chi connectivity index (χ0) is 22.0. The first-order chi connectivity index (χ1) is 15.8. The number of carbonyl (C=O) groups excluding carboxylic acids is 1. The van der Waals surface area contributed by atoms with Crippen molar-refractivity contribution in [2.75, 3.05) is 19.7 Å². The number of rotatable bonds is 9. The van der Waals surface area contributed by atoms with Gasteiger partial charge >= 0.3 is 0 Å². The lowest BCUT2D eigenvalue weighted by atomic mass is 9.86. The highest BCUT2D eigenvalue weighted by Crippen LogP contribution is 2.27. The molecule has 4 rings (SSSR count). The molecule has 2 fully saturated rings. The number of nitrogens with zero attached hydrogens (tertiary/aromatic N) is 2. The lowest BCUT2D eigenvalue weighted by molar-refractivity contribution is -0.132. The van der Waals surface area contributed by atoms with Crippen LogP contribution < -0.4 is 9.47 Å². The van der Waals surface area contributed by atoms with Crippen LogP contribution in [0.4, 0.5) is 0 Å². The first-order valence-corrected chi connectivity index (χ1v) is 12.3. The van der Waals surface area contributed by atoms with Crippen molar-refractivity contribution in [3.63, 3.8) is 0 Å². The first-order valence-electron chi connectivity index (χ1n) is 12.3. The average molecular weight is 437 g/mol. The predicted octanol–water partition coefficient (Wildman–Crippen LogP) is 5.43. The fourth-order valence-electron chi connectivity index (χ4n) is 4.86. The van der Waals surface area contributed by atoms with E-state index in [1.165, 1.54) is 38.5 Å². The molecule has 2 aliphatic rings. The zero-order valence-corrected chi connectivity index (χ0v) is 19.1. The van der Waals surface area contributed by atoms with Gasteiger partial charge in [0.1, 0.15) is 17.6 Å². The summed E-state index contributed by atoms with van der Waals surface area (Å²) in [5.74, 6) is 2.87. The monoisotopic (exact) mass is 436 g/mol. The van der Waals surface area contributed by atoms with Crippen molar-refractivity contribution in [3.8, 4) is 11.5 Å². The maximum Gasteiger partial charge on any atom is 0.227 e. The van der Waals surface area contributed by atoms with E-state index in [0.29, 0.717) is 6.42 Å². The molecule has 172 valence electrons. The van der Waals surface area contributed by atoms with Crippen molar-refractivity contribution in [3.05, 3.63) is 54.4 Å². The molecule has 0 bridgehead atoms. The standard InChI is InChI=1S/C27H36N2O3/c30-27(20-23-8-4-16-28-21-23)29-17-14-26(15-18-29)32-25-12-10-24(11-13-25)31-19-5-9-22-6-2-1-3-7-22/h4,8,10-13,16,21-22,26H,1-3,5-7,9,14-15,17-20H2. The van der Waals surface area contributed by atoms with E-state index in [2.05, 4.69) is 4.98 Å². The van der Waals surface area contributed by atoms with Crippen molar-refractivity contribution in [1.82, 2.24) is 9.88 Å². The maximum atomic E-state index is 12.5. The Morgan fingerprint density at radius 2 is 1.72 bits per heavy atom. The number of hydrogen-bond donors (Lipinski definition) is 0. The molecule has 1 saturated carbocycles.